The van der Waals surface area contributed by atoms with Crippen molar-refractivity contribution in [2.24, 2.45) is 0 Å². The molecule has 0 radical (unpaired) electrons. The van der Waals surface area contributed by atoms with E-state index in [1.165, 1.54) is 5.56 Å². The third-order valence-corrected chi connectivity index (χ3v) is 3.45. The lowest BCUT2D eigenvalue weighted by Crippen LogP contribution is -2.48. The highest BCUT2D eigenvalue weighted by Crippen LogP contribution is 2.39. The van der Waals surface area contributed by atoms with Crippen molar-refractivity contribution in [3.05, 3.63) is 23.8 Å². The van der Waals surface area contributed by atoms with Gasteiger partial charge in [0.05, 0.1) is 12.2 Å². The second-order valence-corrected chi connectivity index (χ2v) is 7.04. The zero-order valence-electron chi connectivity index (χ0n) is 12.9. The fourth-order valence-electron chi connectivity index (χ4n) is 2.50. The minimum Gasteiger partial charge on any atom is -0.484 e. The standard InChI is InChI=1S/C16H23NO3/c1-15(2,3)11-6-7-13-12(8-11)17(9-14(18)19)10-16(4,5)20-13/h6-8H,9-10H2,1-5H3,(H,18,19). The van der Waals surface area contributed by atoms with Crippen LogP contribution in [0.3, 0.4) is 0 Å². The number of hydrogen-bond donors (Lipinski definition) is 1. The highest BCUT2D eigenvalue weighted by molar-refractivity contribution is 5.76. The van der Waals surface area contributed by atoms with Crippen LogP contribution in [-0.4, -0.2) is 29.8 Å². The van der Waals surface area contributed by atoms with E-state index >= 15 is 0 Å². The summed E-state index contributed by atoms with van der Waals surface area (Å²) >= 11 is 0. The van der Waals surface area contributed by atoms with Crippen molar-refractivity contribution in [3.8, 4) is 5.75 Å². The molecule has 1 aliphatic heterocycles. The first-order valence-electron chi connectivity index (χ1n) is 6.89. The van der Waals surface area contributed by atoms with Crippen LogP contribution in [0.5, 0.6) is 5.75 Å². The van der Waals surface area contributed by atoms with Gasteiger partial charge >= 0.3 is 5.97 Å². The van der Waals surface area contributed by atoms with Gasteiger partial charge in [-0.25, -0.2) is 0 Å². The smallest absolute Gasteiger partial charge is 0.323 e. The first-order chi connectivity index (χ1) is 9.08. The molecule has 110 valence electrons. The first kappa shape index (κ1) is 14.7. The van der Waals surface area contributed by atoms with E-state index < -0.39 is 5.97 Å². The summed E-state index contributed by atoms with van der Waals surface area (Å²) in [7, 11) is 0. The van der Waals surface area contributed by atoms with Gasteiger partial charge in [-0.1, -0.05) is 26.8 Å². The topological polar surface area (TPSA) is 49.8 Å². The molecule has 1 aromatic rings. The molecule has 1 N–H and O–H groups in total. The molecule has 1 aromatic carbocycles. The van der Waals surface area contributed by atoms with Crippen molar-refractivity contribution >= 4 is 11.7 Å². The number of nitrogens with zero attached hydrogens (tertiary/aromatic N) is 1. The highest BCUT2D eigenvalue weighted by atomic mass is 16.5. The molecular weight excluding hydrogens is 254 g/mol. The molecule has 0 fully saturated rings. The lowest BCUT2D eigenvalue weighted by Gasteiger charge is -2.40. The lowest BCUT2D eigenvalue weighted by molar-refractivity contribution is -0.135. The molecule has 0 saturated heterocycles. The van der Waals surface area contributed by atoms with Gasteiger partial charge < -0.3 is 14.7 Å². The van der Waals surface area contributed by atoms with Crippen LogP contribution in [0.4, 0.5) is 5.69 Å². The number of fused-ring (bicyclic) bond motifs is 1. The largest absolute Gasteiger partial charge is 0.484 e. The van der Waals surface area contributed by atoms with E-state index in [0.29, 0.717) is 6.54 Å². The van der Waals surface area contributed by atoms with Crippen LogP contribution < -0.4 is 9.64 Å². The fourth-order valence-corrected chi connectivity index (χ4v) is 2.50. The Labute approximate surface area is 120 Å². The van der Waals surface area contributed by atoms with Gasteiger partial charge in [-0.15, -0.1) is 0 Å². The van der Waals surface area contributed by atoms with E-state index in [9.17, 15) is 4.79 Å². The zero-order valence-corrected chi connectivity index (χ0v) is 12.9. The summed E-state index contributed by atoms with van der Waals surface area (Å²) in [6, 6.07) is 6.05. The molecule has 0 spiro atoms. The third kappa shape index (κ3) is 3.06. The highest BCUT2D eigenvalue weighted by Gasteiger charge is 2.33. The third-order valence-electron chi connectivity index (χ3n) is 3.45. The van der Waals surface area contributed by atoms with Crippen LogP contribution >= 0.6 is 0 Å². The van der Waals surface area contributed by atoms with Crippen LogP contribution in [0.1, 0.15) is 40.2 Å². The Hall–Kier alpha value is -1.71. The van der Waals surface area contributed by atoms with Crippen molar-refractivity contribution in [2.45, 2.75) is 45.6 Å². The van der Waals surface area contributed by atoms with E-state index in [1.54, 1.807) is 0 Å². The number of benzene rings is 1. The maximum Gasteiger partial charge on any atom is 0.323 e. The molecule has 0 aromatic heterocycles. The van der Waals surface area contributed by atoms with E-state index in [1.807, 2.05) is 30.9 Å². The number of ether oxygens (including phenoxy) is 1. The Kier molecular flexibility index (Phi) is 3.44. The summed E-state index contributed by atoms with van der Waals surface area (Å²) in [6.45, 7) is 10.9. The SMILES string of the molecule is CC1(C)CN(CC(=O)O)c2cc(C(C)(C)C)ccc2O1. The number of anilines is 1. The molecule has 0 saturated carbocycles. The number of carboxylic acids is 1. The molecule has 0 amide bonds. The number of aliphatic carboxylic acids is 1. The normalized spacial score (nSPS) is 17.4. The second kappa shape index (κ2) is 4.69. The van der Waals surface area contributed by atoms with Gasteiger partial charge in [0.15, 0.2) is 0 Å². The van der Waals surface area contributed by atoms with Gasteiger partial charge in [0, 0.05) is 0 Å². The van der Waals surface area contributed by atoms with Crippen LogP contribution in [0.25, 0.3) is 0 Å². The maximum absolute atomic E-state index is 11.1. The van der Waals surface area contributed by atoms with Crippen LogP contribution in [0.2, 0.25) is 0 Å². The molecule has 2 rings (SSSR count). The van der Waals surface area contributed by atoms with Crippen molar-refractivity contribution in [1.82, 2.24) is 0 Å². The average molecular weight is 277 g/mol. The summed E-state index contributed by atoms with van der Waals surface area (Å²) in [4.78, 5) is 13.0. The fraction of sp³-hybridized carbons (Fsp3) is 0.562. The van der Waals surface area contributed by atoms with Gasteiger partial charge in [-0.2, -0.15) is 0 Å². The van der Waals surface area contributed by atoms with E-state index in [-0.39, 0.29) is 17.6 Å². The first-order valence-corrected chi connectivity index (χ1v) is 6.89. The molecule has 20 heavy (non-hydrogen) atoms. The Morgan fingerprint density at radius 2 is 2.05 bits per heavy atom. The van der Waals surface area contributed by atoms with Gasteiger partial charge in [0.25, 0.3) is 0 Å². The van der Waals surface area contributed by atoms with Gasteiger partial charge in [0.2, 0.25) is 0 Å². The van der Waals surface area contributed by atoms with Gasteiger partial charge in [-0.05, 0) is 37.0 Å². The van der Waals surface area contributed by atoms with Crippen molar-refractivity contribution in [1.29, 1.82) is 0 Å². The van der Waals surface area contributed by atoms with E-state index in [4.69, 9.17) is 9.84 Å². The summed E-state index contributed by atoms with van der Waals surface area (Å²) < 4.78 is 5.96. The van der Waals surface area contributed by atoms with Crippen LogP contribution in [0.15, 0.2) is 18.2 Å². The second-order valence-electron chi connectivity index (χ2n) is 7.04. The number of hydrogen-bond acceptors (Lipinski definition) is 3. The van der Waals surface area contributed by atoms with Gasteiger partial charge in [-0.3, -0.25) is 4.79 Å². The quantitative estimate of drug-likeness (QED) is 0.902. The number of rotatable bonds is 2. The maximum atomic E-state index is 11.1. The molecule has 4 nitrogen and oxygen atoms in total. The minimum absolute atomic E-state index is 0.00656. The zero-order chi connectivity index (χ0) is 15.1. The Bertz CT molecular complexity index is 529. The average Bonchev–Trinajstić information content (AvgIpc) is 2.24. The Balaban J connectivity index is 2.46. The molecule has 0 unspecified atom stereocenters. The minimum atomic E-state index is -0.824. The Morgan fingerprint density at radius 3 is 2.60 bits per heavy atom. The summed E-state index contributed by atoms with van der Waals surface area (Å²) in [5.41, 5.74) is 1.69. The molecule has 0 aliphatic carbocycles. The van der Waals surface area contributed by atoms with Crippen molar-refractivity contribution in [3.63, 3.8) is 0 Å². The molecule has 1 aliphatic rings. The lowest BCUT2D eigenvalue weighted by atomic mass is 9.86. The predicted molar refractivity (Wildman–Crippen MR) is 79.7 cm³/mol. The monoisotopic (exact) mass is 277 g/mol. The van der Waals surface area contributed by atoms with E-state index in [0.717, 1.165) is 11.4 Å². The van der Waals surface area contributed by atoms with Gasteiger partial charge in [0.1, 0.15) is 17.9 Å². The molecule has 0 bridgehead atoms. The van der Waals surface area contributed by atoms with Crippen molar-refractivity contribution in [2.75, 3.05) is 18.0 Å². The molecule has 4 heteroatoms. The summed E-state index contributed by atoms with van der Waals surface area (Å²) in [5, 5.41) is 9.11. The predicted octanol–water partition coefficient (Wildman–Crippen LogP) is 3.05. The number of carboxylic acid groups (broad SMARTS) is 1. The number of carbonyl (C=O) groups is 1. The van der Waals surface area contributed by atoms with Crippen molar-refractivity contribution < 1.29 is 14.6 Å². The molecular formula is C16H23NO3. The summed E-state index contributed by atoms with van der Waals surface area (Å²) in [6.07, 6.45) is 0. The Morgan fingerprint density at radius 1 is 1.40 bits per heavy atom. The molecule has 1 heterocycles. The van der Waals surface area contributed by atoms with E-state index in [2.05, 4.69) is 26.8 Å². The van der Waals surface area contributed by atoms with Crippen LogP contribution in [0, 0.1) is 0 Å². The summed E-state index contributed by atoms with van der Waals surface area (Å²) in [5.74, 6) is -0.0645. The van der Waals surface area contributed by atoms with Crippen LogP contribution in [-0.2, 0) is 10.2 Å². The molecule has 0 atom stereocenters.